The van der Waals surface area contributed by atoms with Gasteiger partial charge in [-0.1, -0.05) is 0 Å². The smallest absolute Gasteiger partial charge is 0.204 e. The monoisotopic (exact) mass is 256 g/mol. The van der Waals surface area contributed by atoms with Gasteiger partial charge in [-0.25, -0.2) is 13.5 Å². The van der Waals surface area contributed by atoms with Gasteiger partial charge >= 0.3 is 0 Å². The van der Waals surface area contributed by atoms with E-state index in [-0.39, 0.29) is 22.7 Å². The van der Waals surface area contributed by atoms with Crippen LogP contribution in [-0.2, 0) is 5.88 Å². The quantitative estimate of drug-likeness (QED) is 0.773. The van der Waals surface area contributed by atoms with Crippen LogP contribution >= 0.6 is 11.6 Å². The van der Waals surface area contributed by atoms with Crippen LogP contribution in [0.5, 0.6) is 0 Å². The van der Waals surface area contributed by atoms with Crippen LogP contribution < -0.4 is 5.43 Å². The first kappa shape index (κ1) is 11.7. The molecule has 0 saturated carbocycles. The zero-order valence-corrected chi connectivity index (χ0v) is 9.29. The second-order valence-electron chi connectivity index (χ2n) is 3.33. The maximum atomic E-state index is 13.0. The van der Waals surface area contributed by atoms with Gasteiger partial charge in [0.1, 0.15) is 17.3 Å². The lowest BCUT2D eigenvalue weighted by molar-refractivity contribution is 0.579. The number of hydrogen-bond donors (Lipinski definition) is 0. The molecule has 1 aromatic carbocycles. The van der Waals surface area contributed by atoms with Crippen molar-refractivity contribution in [1.82, 2.24) is 9.78 Å². The highest BCUT2D eigenvalue weighted by Gasteiger charge is 2.05. The maximum Gasteiger partial charge on any atom is 0.204 e. The standard InChI is InChI=1S/C11H7ClF2N2O/c12-6-10-11(17)1-2-16(15-10)9-4-7(13)3-8(14)5-9/h1-5H,6H2. The van der Waals surface area contributed by atoms with Gasteiger partial charge in [0.2, 0.25) is 5.43 Å². The van der Waals surface area contributed by atoms with E-state index in [0.717, 1.165) is 18.2 Å². The number of benzene rings is 1. The van der Waals surface area contributed by atoms with Gasteiger partial charge < -0.3 is 0 Å². The van der Waals surface area contributed by atoms with Gasteiger partial charge in [0, 0.05) is 18.3 Å². The molecule has 0 unspecified atom stereocenters. The third kappa shape index (κ3) is 2.50. The Kier molecular flexibility index (Phi) is 3.19. The first-order valence-electron chi connectivity index (χ1n) is 4.71. The van der Waals surface area contributed by atoms with Crippen LogP contribution in [0.4, 0.5) is 8.78 Å². The zero-order valence-electron chi connectivity index (χ0n) is 8.53. The van der Waals surface area contributed by atoms with Crippen molar-refractivity contribution in [3.8, 4) is 5.69 Å². The van der Waals surface area contributed by atoms with E-state index in [9.17, 15) is 13.6 Å². The highest BCUT2D eigenvalue weighted by molar-refractivity contribution is 6.16. The van der Waals surface area contributed by atoms with E-state index in [4.69, 9.17) is 11.6 Å². The zero-order chi connectivity index (χ0) is 12.4. The van der Waals surface area contributed by atoms with Gasteiger partial charge in [-0.2, -0.15) is 5.10 Å². The first-order chi connectivity index (χ1) is 8.10. The Labute approximate surface area is 100 Å². The van der Waals surface area contributed by atoms with Crippen LogP contribution in [0.3, 0.4) is 0 Å². The van der Waals surface area contributed by atoms with Crippen molar-refractivity contribution < 1.29 is 8.78 Å². The molecular formula is C11H7ClF2N2O. The summed E-state index contributed by atoms with van der Waals surface area (Å²) >= 11 is 5.53. The summed E-state index contributed by atoms with van der Waals surface area (Å²) in [6.07, 6.45) is 1.33. The fourth-order valence-electron chi connectivity index (χ4n) is 1.36. The highest BCUT2D eigenvalue weighted by Crippen LogP contribution is 2.11. The summed E-state index contributed by atoms with van der Waals surface area (Å²) in [6.45, 7) is 0. The molecule has 1 heterocycles. The summed E-state index contributed by atoms with van der Waals surface area (Å²) in [5.74, 6) is -1.49. The second-order valence-corrected chi connectivity index (χ2v) is 3.60. The molecule has 0 fully saturated rings. The van der Waals surface area contributed by atoms with Crippen molar-refractivity contribution in [2.75, 3.05) is 0 Å². The van der Waals surface area contributed by atoms with Gasteiger partial charge in [0.25, 0.3) is 0 Å². The third-order valence-corrected chi connectivity index (χ3v) is 2.37. The number of halogens is 3. The summed E-state index contributed by atoms with van der Waals surface area (Å²) in [6, 6.07) is 4.22. The van der Waals surface area contributed by atoms with Gasteiger partial charge in [-0.15, -0.1) is 11.6 Å². The van der Waals surface area contributed by atoms with Gasteiger partial charge in [-0.05, 0) is 12.1 Å². The number of hydrogen-bond acceptors (Lipinski definition) is 2. The molecule has 0 bridgehead atoms. The molecule has 0 amide bonds. The number of aromatic nitrogens is 2. The molecule has 0 aliphatic carbocycles. The molecule has 0 aliphatic heterocycles. The molecule has 0 atom stereocenters. The van der Waals surface area contributed by atoms with Crippen LogP contribution in [0.15, 0.2) is 35.3 Å². The van der Waals surface area contributed by atoms with E-state index in [1.807, 2.05) is 0 Å². The largest absolute Gasteiger partial charge is 0.288 e. The molecule has 88 valence electrons. The first-order valence-corrected chi connectivity index (χ1v) is 5.25. The fourth-order valence-corrected chi connectivity index (χ4v) is 1.54. The third-order valence-electron chi connectivity index (χ3n) is 2.12. The van der Waals surface area contributed by atoms with Crippen molar-refractivity contribution in [3.63, 3.8) is 0 Å². The lowest BCUT2D eigenvalue weighted by Crippen LogP contribution is -2.14. The summed E-state index contributed by atoms with van der Waals surface area (Å²) in [5, 5.41) is 3.88. The molecular weight excluding hydrogens is 250 g/mol. The van der Waals surface area contributed by atoms with Gasteiger partial charge in [0.05, 0.1) is 11.6 Å². The van der Waals surface area contributed by atoms with Crippen LogP contribution in [-0.4, -0.2) is 9.78 Å². The van der Waals surface area contributed by atoms with E-state index < -0.39 is 11.6 Å². The molecule has 0 spiro atoms. The van der Waals surface area contributed by atoms with E-state index in [2.05, 4.69) is 5.10 Å². The average Bonchev–Trinajstić information content (AvgIpc) is 2.28. The number of rotatable bonds is 2. The molecule has 17 heavy (non-hydrogen) atoms. The molecule has 1 aromatic heterocycles. The molecule has 3 nitrogen and oxygen atoms in total. The topological polar surface area (TPSA) is 34.9 Å². The van der Waals surface area contributed by atoms with E-state index in [0.29, 0.717) is 0 Å². The molecule has 2 aromatic rings. The minimum Gasteiger partial charge on any atom is -0.288 e. The normalized spacial score (nSPS) is 10.5. The predicted octanol–water partition coefficient (Wildman–Crippen LogP) is 2.25. The van der Waals surface area contributed by atoms with E-state index >= 15 is 0 Å². The Balaban J connectivity index is 2.56. The van der Waals surface area contributed by atoms with Crippen LogP contribution in [0.2, 0.25) is 0 Å². The lowest BCUT2D eigenvalue weighted by atomic mass is 10.3. The predicted molar refractivity (Wildman–Crippen MR) is 59.3 cm³/mol. The van der Waals surface area contributed by atoms with Crippen LogP contribution in [0.1, 0.15) is 5.69 Å². The Hall–Kier alpha value is -1.75. The van der Waals surface area contributed by atoms with Gasteiger partial charge in [-0.3, -0.25) is 4.79 Å². The Bertz CT molecular complexity index is 592. The Morgan fingerprint density at radius 1 is 1.24 bits per heavy atom. The molecule has 0 radical (unpaired) electrons. The number of alkyl halides is 1. The Morgan fingerprint density at radius 2 is 1.88 bits per heavy atom. The van der Waals surface area contributed by atoms with Gasteiger partial charge in [0.15, 0.2) is 0 Å². The highest BCUT2D eigenvalue weighted by atomic mass is 35.5. The second kappa shape index (κ2) is 4.63. The lowest BCUT2D eigenvalue weighted by Gasteiger charge is -2.06. The van der Waals surface area contributed by atoms with E-state index in [1.54, 1.807) is 0 Å². The average molecular weight is 257 g/mol. The minimum atomic E-state index is -0.715. The summed E-state index contributed by atoms with van der Waals surface area (Å²) in [7, 11) is 0. The summed E-state index contributed by atoms with van der Waals surface area (Å²) < 4.78 is 27.2. The fraction of sp³-hybridized carbons (Fsp3) is 0.0909. The summed E-state index contributed by atoms with van der Waals surface area (Å²) in [5.41, 5.74) is 0.000766. The van der Waals surface area contributed by atoms with E-state index in [1.165, 1.54) is 16.9 Å². The Morgan fingerprint density at radius 3 is 2.47 bits per heavy atom. The van der Waals surface area contributed by atoms with Crippen molar-refractivity contribution in [1.29, 1.82) is 0 Å². The number of nitrogens with zero attached hydrogens (tertiary/aromatic N) is 2. The molecule has 2 rings (SSSR count). The minimum absolute atomic E-state index is 0.0581. The molecule has 6 heteroatoms. The maximum absolute atomic E-state index is 13.0. The van der Waals surface area contributed by atoms with Crippen LogP contribution in [0.25, 0.3) is 5.69 Å². The molecule has 0 saturated heterocycles. The molecule has 0 N–H and O–H groups in total. The SMILES string of the molecule is O=c1ccn(-c2cc(F)cc(F)c2)nc1CCl. The van der Waals surface area contributed by atoms with Crippen molar-refractivity contribution in [2.45, 2.75) is 5.88 Å². The van der Waals surface area contributed by atoms with Crippen molar-refractivity contribution >= 4 is 11.6 Å². The molecule has 0 aliphatic rings. The van der Waals surface area contributed by atoms with Crippen molar-refractivity contribution in [2.24, 2.45) is 0 Å². The van der Waals surface area contributed by atoms with Crippen molar-refractivity contribution in [3.05, 3.63) is 58.0 Å². The summed E-state index contributed by atoms with van der Waals surface area (Å²) in [4.78, 5) is 11.3. The van der Waals surface area contributed by atoms with Crippen LogP contribution in [0, 0.1) is 11.6 Å².